The van der Waals surface area contributed by atoms with Crippen molar-refractivity contribution in [1.82, 2.24) is 15.5 Å². The van der Waals surface area contributed by atoms with Crippen LogP contribution in [0.4, 0.5) is 22.4 Å². The van der Waals surface area contributed by atoms with Crippen molar-refractivity contribution in [3.05, 3.63) is 34.1 Å². The zero-order valence-corrected chi connectivity index (χ0v) is 14.4. The number of alkyl halides is 3. The molecule has 4 nitrogen and oxygen atoms in total. The van der Waals surface area contributed by atoms with E-state index in [1.807, 2.05) is 0 Å². The van der Waals surface area contributed by atoms with Crippen molar-refractivity contribution < 1.29 is 22.4 Å². The molecule has 1 saturated heterocycles. The van der Waals surface area contributed by atoms with Gasteiger partial charge in [0.2, 0.25) is 0 Å². The van der Waals surface area contributed by atoms with Gasteiger partial charge in [0.25, 0.3) is 0 Å². The Bertz CT molecular complexity index is 582. The van der Waals surface area contributed by atoms with Gasteiger partial charge < -0.3 is 10.6 Å². The lowest BCUT2D eigenvalue weighted by Crippen LogP contribution is -2.39. The van der Waals surface area contributed by atoms with Gasteiger partial charge in [0.05, 0.1) is 6.54 Å². The standard InChI is InChI=1S/C15H18BrF4N3O/c16-12-1-2-13(17)11(5-12)7-22-14(24)21-6-10-3-4-23(8-10)9-15(18,19)20/h1-2,5,10H,3-4,6-9H2,(H2,21,22,24). The van der Waals surface area contributed by atoms with Crippen LogP contribution in [0.3, 0.4) is 0 Å². The summed E-state index contributed by atoms with van der Waals surface area (Å²) in [6.07, 6.45) is -3.59. The highest BCUT2D eigenvalue weighted by molar-refractivity contribution is 9.10. The molecule has 0 spiro atoms. The summed E-state index contributed by atoms with van der Waals surface area (Å²) in [6.45, 7) is 0.0811. The van der Waals surface area contributed by atoms with Crippen molar-refractivity contribution in [2.24, 2.45) is 5.92 Å². The van der Waals surface area contributed by atoms with E-state index in [9.17, 15) is 22.4 Å². The molecule has 1 unspecified atom stereocenters. The minimum Gasteiger partial charge on any atom is -0.338 e. The summed E-state index contributed by atoms with van der Waals surface area (Å²) >= 11 is 3.23. The first-order valence-electron chi connectivity index (χ1n) is 7.47. The molecule has 0 aromatic heterocycles. The van der Waals surface area contributed by atoms with Gasteiger partial charge in [-0.25, -0.2) is 9.18 Å². The summed E-state index contributed by atoms with van der Waals surface area (Å²) in [4.78, 5) is 13.1. The molecular weight excluding hydrogens is 394 g/mol. The van der Waals surface area contributed by atoms with Gasteiger partial charge in [-0.05, 0) is 37.1 Å². The normalized spacial score (nSPS) is 18.6. The fraction of sp³-hybridized carbons (Fsp3) is 0.533. The smallest absolute Gasteiger partial charge is 0.338 e. The van der Waals surface area contributed by atoms with Crippen molar-refractivity contribution in [2.75, 3.05) is 26.2 Å². The topological polar surface area (TPSA) is 44.4 Å². The summed E-state index contributed by atoms with van der Waals surface area (Å²) < 4.78 is 51.2. The van der Waals surface area contributed by atoms with Crippen LogP contribution in [0.1, 0.15) is 12.0 Å². The Morgan fingerprint density at radius 3 is 2.79 bits per heavy atom. The number of hydrogen-bond donors (Lipinski definition) is 2. The zero-order chi connectivity index (χ0) is 17.7. The van der Waals surface area contributed by atoms with Gasteiger partial charge >= 0.3 is 12.2 Å². The Balaban J connectivity index is 1.69. The average Bonchev–Trinajstić information content (AvgIpc) is 2.91. The van der Waals surface area contributed by atoms with Crippen LogP contribution in [0.2, 0.25) is 0 Å². The Hall–Kier alpha value is -1.35. The van der Waals surface area contributed by atoms with E-state index in [0.717, 1.165) is 0 Å². The van der Waals surface area contributed by atoms with Crippen LogP contribution in [-0.4, -0.2) is 43.3 Å². The molecule has 0 bridgehead atoms. The molecular formula is C15H18BrF4N3O. The lowest BCUT2D eigenvalue weighted by molar-refractivity contribution is -0.143. The molecule has 1 aliphatic rings. The number of amides is 2. The van der Waals surface area contributed by atoms with Gasteiger partial charge in [-0.3, -0.25) is 4.90 Å². The largest absolute Gasteiger partial charge is 0.401 e. The van der Waals surface area contributed by atoms with E-state index in [4.69, 9.17) is 0 Å². The number of nitrogens with one attached hydrogen (secondary N) is 2. The fourth-order valence-corrected chi connectivity index (χ4v) is 3.04. The fourth-order valence-electron chi connectivity index (χ4n) is 2.63. The minimum atomic E-state index is -4.20. The lowest BCUT2D eigenvalue weighted by atomic mass is 10.1. The second kappa shape index (κ2) is 8.15. The summed E-state index contributed by atoms with van der Waals surface area (Å²) in [5, 5.41) is 5.16. The van der Waals surface area contributed by atoms with E-state index in [1.165, 1.54) is 11.0 Å². The third kappa shape index (κ3) is 6.27. The Labute approximate surface area is 145 Å². The first-order chi connectivity index (χ1) is 11.2. The van der Waals surface area contributed by atoms with Crippen LogP contribution in [0.25, 0.3) is 0 Å². The third-order valence-electron chi connectivity index (χ3n) is 3.77. The molecule has 1 atom stereocenters. The summed E-state index contributed by atoms with van der Waals surface area (Å²) in [5.74, 6) is -0.433. The zero-order valence-electron chi connectivity index (χ0n) is 12.8. The van der Waals surface area contributed by atoms with Gasteiger partial charge in [-0.2, -0.15) is 13.2 Å². The molecule has 2 amide bonds. The van der Waals surface area contributed by atoms with E-state index in [-0.39, 0.29) is 12.5 Å². The molecule has 0 aliphatic carbocycles. The summed E-state index contributed by atoms with van der Waals surface area (Å²) in [6, 6.07) is 3.96. The molecule has 134 valence electrons. The first kappa shape index (κ1) is 19.0. The third-order valence-corrected chi connectivity index (χ3v) is 4.26. The molecule has 0 radical (unpaired) electrons. The lowest BCUT2D eigenvalue weighted by Gasteiger charge is -2.18. The quantitative estimate of drug-likeness (QED) is 0.730. The molecule has 1 heterocycles. The predicted octanol–water partition coefficient (Wildman–Crippen LogP) is 3.27. The van der Waals surface area contributed by atoms with Crippen LogP contribution in [0, 0.1) is 11.7 Å². The number of hydrogen-bond acceptors (Lipinski definition) is 2. The minimum absolute atomic E-state index is 0.0132. The molecule has 0 saturated carbocycles. The van der Waals surface area contributed by atoms with Gasteiger partial charge in [0.1, 0.15) is 5.82 Å². The summed E-state index contributed by atoms with van der Waals surface area (Å²) in [7, 11) is 0. The Morgan fingerprint density at radius 2 is 2.08 bits per heavy atom. The highest BCUT2D eigenvalue weighted by Crippen LogP contribution is 2.22. The molecule has 1 aliphatic heterocycles. The number of likely N-dealkylation sites (tertiary alicyclic amines) is 1. The second-order valence-electron chi connectivity index (χ2n) is 5.80. The van der Waals surface area contributed by atoms with Crippen molar-refractivity contribution in [3.8, 4) is 0 Å². The van der Waals surface area contributed by atoms with Gasteiger partial charge in [-0.15, -0.1) is 0 Å². The molecule has 2 N–H and O–H groups in total. The van der Waals surface area contributed by atoms with Crippen LogP contribution in [0.5, 0.6) is 0 Å². The van der Waals surface area contributed by atoms with Crippen molar-refractivity contribution >= 4 is 22.0 Å². The molecule has 24 heavy (non-hydrogen) atoms. The van der Waals surface area contributed by atoms with Crippen molar-refractivity contribution in [3.63, 3.8) is 0 Å². The van der Waals surface area contributed by atoms with Crippen molar-refractivity contribution in [2.45, 2.75) is 19.1 Å². The number of carbonyl (C=O) groups excluding carboxylic acids is 1. The highest BCUT2D eigenvalue weighted by atomic mass is 79.9. The number of urea groups is 1. The molecule has 1 fully saturated rings. The number of benzene rings is 1. The highest BCUT2D eigenvalue weighted by Gasteiger charge is 2.34. The molecule has 1 aromatic carbocycles. The number of carbonyl (C=O) groups is 1. The molecule has 9 heteroatoms. The maximum Gasteiger partial charge on any atom is 0.401 e. The van der Waals surface area contributed by atoms with E-state index in [1.54, 1.807) is 12.1 Å². The van der Waals surface area contributed by atoms with Crippen LogP contribution in [-0.2, 0) is 6.54 Å². The SMILES string of the molecule is O=C(NCc1cc(Br)ccc1F)NCC1CCN(CC(F)(F)F)C1. The first-order valence-corrected chi connectivity index (χ1v) is 8.27. The van der Waals surface area contributed by atoms with Crippen molar-refractivity contribution in [1.29, 1.82) is 0 Å². The number of rotatable bonds is 5. The van der Waals surface area contributed by atoms with Crippen LogP contribution < -0.4 is 10.6 Å². The Morgan fingerprint density at radius 1 is 1.33 bits per heavy atom. The monoisotopic (exact) mass is 411 g/mol. The second-order valence-corrected chi connectivity index (χ2v) is 6.72. The van der Waals surface area contributed by atoms with Crippen LogP contribution >= 0.6 is 15.9 Å². The van der Waals surface area contributed by atoms with E-state index < -0.39 is 24.6 Å². The predicted molar refractivity (Wildman–Crippen MR) is 84.9 cm³/mol. The maximum atomic E-state index is 13.5. The maximum absolute atomic E-state index is 13.5. The van der Waals surface area contributed by atoms with Gasteiger partial charge in [-0.1, -0.05) is 15.9 Å². The van der Waals surface area contributed by atoms with Gasteiger partial charge in [0, 0.05) is 29.7 Å². The van der Waals surface area contributed by atoms with Gasteiger partial charge in [0.15, 0.2) is 0 Å². The molecule has 2 rings (SSSR count). The average molecular weight is 412 g/mol. The molecule has 1 aromatic rings. The number of nitrogens with zero attached hydrogens (tertiary/aromatic N) is 1. The van der Waals surface area contributed by atoms with E-state index in [2.05, 4.69) is 26.6 Å². The van der Waals surface area contributed by atoms with E-state index >= 15 is 0 Å². The van der Waals surface area contributed by atoms with Crippen LogP contribution in [0.15, 0.2) is 22.7 Å². The number of halogens is 5. The van der Waals surface area contributed by atoms with E-state index in [0.29, 0.717) is 36.1 Å². The summed E-state index contributed by atoms with van der Waals surface area (Å²) in [5.41, 5.74) is 0.344. The Kier molecular flexibility index (Phi) is 6.45.